The summed E-state index contributed by atoms with van der Waals surface area (Å²) in [4.78, 5) is 23.7. The van der Waals surface area contributed by atoms with Crippen LogP contribution < -0.4 is 5.32 Å². The van der Waals surface area contributed by atoms with Gasteiger partial charge in [-0.25, -0.2) is 4.79 Å². The zero-order chi connectivity index (χ0) is 13.5. The Morgan fingerprint density at radius 3 is 2.44 bits per heavy atom. The fourth-order valence-electron chi connectivity index (χ4n) is 1.33. The molecule has 0 spiro atoms. The van der Waals surface area contributed by atoms with E-state index < -0.39 is 17.9 Å². The number of nitrogens with one attached hydrogen (secondary N) is 1. The van der Waals surface area contributed by atoms with Crippen molar-refractivity contribution < 1.29 is 19.4 Å². The van der Waals surface area contributed by atoms with Gasteiger partial charge in [-0.3, -0.25) is 4.79 Å². The standard InChI is InChI=1S/C12H15NO4S/c1-17-7-10(12(15)16)13-11(14)8-3-5-9(18-2)6-4-8/h3-6,10H,7H2,1-2H3,(H,13,14)(H,15,16). The molecule has 0 saturated carbocycles. The maximum Gasteiger partial charge on any atom is 0.328 e. The lowest BCUT2D eigenvalue weighted by atomic mass is 10.2. The van der Waals surface area contributed by atoms with Crippen LogP contribution in [0.2, 0.25) is 0 Å². The third-order valence-electron chi connectivity index (χ3n) is 2.29. The fraction of sp³-hybridized carbons (Fsp3) is 0.333. The molecule has 6 heteroatoms. The third kappa shape index (κ3) is 4.05. The van der Waals surface area contributed by atoms with Crippen molar-refractivity contribution >= 4 is 23.6 Å². The number of carboxylic acid groups (broad SMARTS) is 1. The molecule has 0 aliphatic rings. The van der Waals surface area contributed by atoms with Gasteiger partial charge in [0, 0.05) is 17.6 Å². The Morgan fingerprint density at radius 1 is 1.39 bits per heavy atom. The van der Waals surface area contributed by atoms with Gasteiger partial charge in [0.15, 0.2) is 6.04 Å². The summed E-state index contributed by atoms with van der Waals surface area (Å²) in [6, 6.07) is 5.90. The van der Waals surface area contributed by atoms with Crippen molar-refractivity contribution in [3.05, 3.63) is 29.8 Å². The topological polar surface area (TPSA) is 75.6 Å². The quantitative estimate of drug-likeness (QED) is 0.760. The molecule has 0 fully saturated rings. The van der Waals surface area contributed by atoms with Crippen LogP contribution in [0.25, 0.3) is 0 Å². The highest BCUT2D eigenvalue weighted by Gasteiger charge is 2.20. The van der Waals surface area contributed by atoms with Crippen molar-refractivity contribution in [1.29, 1.82) is 0 Å². The Kier molecular flexibility index (Phi) is 5.67. The number of carbonyl (C=O) groups excluding carboxylic acids is 1. The van der Waals surface area contributed by atoms with Crippen LogP contribution >= 0.6 is 11.8 Å². The lowest BCUT2D eigenvalue weighted by Gasteiger charge is -2.13. The molecule has 1 atom stereocenters. The molecule has 98 valence electrons. The Balaban J connectivity index is 2.70. The molecule has 5 nitrogen and oxygen atoms in total. The lowest BCUT2D eigenvalue weighted by molar-refractivity contribution is -0.140. The predicted octanol–water partition coefficient (Wildman–Crippen LogP) is 1.24. The Labute approximate surface area is 110 Å². The van der Waals surface area contributed by atoms with Gasteiger partial charge in [0.1, 0.15) is 0 Å². The van der Waals surface area contributed by atoms with Crippen LogP contribution in [0.1, 0.15) is 10.4 Å². The molecule has 1 aromatic rings. The van der Waals surface area contributed by atoms with Gasteiger partial charge in [0.25, 0.3) is 5.91 Å². The molecule has 0 aliphatic carbocycles. The van der Waals surface area contributed by atoms with Crippen molar-refractivity contribution in [2.45, 2.75) is 10.9 Å². The molecule has 1 rings (SSSR count). The van der Waals surface area contributed by atoms with E-state index in [-0.39, 0.29) is 6.61 Å². The van der Waals surface area contributed by atoms with Gasteiger partial charge in [0.05, 0.1) is 6.61 Å². The van der Waals surface area contributed by atoms with Crippen molar-refractivity contribution in [3.8, 4) is 0 Å². The smallest absolute Gasteiger partial charge is 0.328 e. The van der Waals surface area contributed by atoms with Crippen LogP contribution in [0.15, 0.2) is 29.2 Å². The number of carboxylic acids is 1. The van der Waals surface area contributed by atoms with E-state index >= 15 is 0 Å². The zero-order valence-electron chi connectivity index (χ0n) is 10.2. The number of thioether (sulfide) groups is 1. The second-order valence-electron chi connectivity index (χ2n) is 3.55. The van der Waals surface area contributed by atoms with Gasteiger partial charge in [0.2, 0.25) is 0 Å². The SMILES string of the molecule is COCC(NC(=O)c1ccc(SC)cc1)C(=O)O. The molecule has 0 bridgehead atoms. The molecule has 0 saturated heterocycles. The van der Waals surface area contributed by atoms with Gasteiger partial charge in [-0.2, -0.15) is 0 Å². The normalized spacial score (nSPS) is 11.9. The van der Waals surface area contributed by atoms with Crippen LogP contribution in [-0.2, 0) is 9.53 Å². The van der Waals surface area contributed by atoms with E-state index in [0.29, 0.717) is 5.56 Å². The summed E-state index contributed by atoms with van der Waals surface area (Å²) in [5.74, 6) is -1.54. The van der Waals surface area contributed by atoms with Gasteiger partial charge in [-0.1, -0.05) is 0 Å². The number of carbonyl (C=O) groups is 2. The molecular weight excluding hydrogens is 254 g/mol. The number of methoxy groups -OCH3 is 1. The molecule has 1 amide bonds. The number of amides is 1. The second kappa shape index (κ2) is 7.03. The van der Waals surface area contributed by atoms with Crippen molar-refractivity contribution in [1.82, 2.24) is 5.32 Å². The van der Waals surface area contributed by atoms with E-state index in [9.17, 15) is 9.59 Å². The summed E-state index contributed by atoms with van der Waals surface area (Å²) >= 11 is 1.57. The van der Waals surface area contributed by atoms with E-state index in [4.69, 9.17) is 9.84 Å². The molecule has 18 heavy (non-hydrogen) atoms. The molecule has 0 aliphatic heterocycles. The number of hydrogen-bond donors (Lipinski definition) is 2. The number of benzene rings is 1. The summed E-state index contributed by atoms with van der Waals surface area (Å²) in [5, 5.41) is 11.3. The number of rotatable bonds is 6. The monoisotopic (exact) mass is 269 g/mol. The summed E-state index contributed by atoms with van der Waals surface area (Å²) < 4.78 is 4.74. The average Bonchev–Trinajstić information content (AvgIpc) is 2.38. The Morgan fingerprint density at radius 2 is 2.00 bits per heavy atom. The summed E-state index contributed by atoms with van der Waals surface area (Å²) in [7, 11) is 1.38. The zero-order valence-corrected chi connectivity index (χ0v) is 11.0. The fourth-order valence-corrected chi connectivity index (χ4v) is 1.73. The van der Waals surface area contributed by atoms with Crippen molar-refractivity contribution in [2.24, 2.45) is 0 Å². The molecule has 0 heterocycles. The first kappa shape index (κ1) is 14.5. The third-order valence-corrected chi connectivity index (χ3v) is 3.03. The maximum atomic E-state index is 11.8. The van der Waals surface area contributed by atoms with Gasteiger partial charge < -0.3 is 15.2 Å². The van der Waals surface area contributed by atoms with E-state index in [2.05, 4.69) is 5.32 Å². The van der Waals surface area contributed by atoms with E-state index in [1.165, 1.54) is 7.11 Å². The highest BCUT2D eigenvalue weighted by atomic mass is 32.2. The minimum atomic E-state index is -1.12. The molecule has 0 radical (unpaired) electrons. The van der Waals surface area contributed by atoms with Crippen LogP contribution in [0.4, 0.5) is 0 Å². The molecule has 0 aromatic heterocycles. The van der Waals surface area contributed by atoms with E-state index in [1.807, 2.05) is 18.4 Å². The van der Waals surface area contributed by atoms with Crippen LogP contribution in [-0.4, -0.2) is 43.0 Å². The van der Waals surface area contributed by atoms with E-state index in [1.54, 1.807) is 23.9 Å². The van der Waals surface area contributed by atoms with Crippen molar-refractivity contribution in [2.75, 3.05) is 20.0 Å². The minimum absolute atomic E-state index is 0.0655. The Hall–Kier alpha value is -1.53. The first-order chi connectivity index (χ1) is 8.58. The first-order valence-corrected chi connectivity index (χ1v) is 6.47. The Bertz CT molecular complexity index is 419. The summed E-state index contributed by atoms with van der Waals surface area (Å²) in [5.41, 5.74) is 0.426. The number of ether oxygens (including phenoxy) is 1. The summed E-state index contributed by atoms with van der Waals surface area (Å²) in [6.07, 6.45) is 1.94. The largest absolute Gasteiger partial charge is 0.480 e. The van der Waals surface area contributed by atoms with Crippen molar-refractivity contribution in [3.63, 3.8) is 0 Å². The highest BCUT2D eigenvalue weighted by Crippen LogP contribution is 2.14. The molecular formula is C12H15NO4S. The highest BCUT2D eigenvalue weighted by molar-refractivity contribution is 7.98. The van der Waals surface area contributed by atoms with Crippen LogP contribution in [0.5, 0.6) is 0 Å². The molecule has 1 aromatic carbocycles. The van der Waals surface area contributed by atoms with Gasteiger partial charge in [-0.15, -0.1) is 11.8 Å². The first-order valence-electron chi connectivity index (χ1n) is 5.25. The average molecular weight is 269 g/mol. The maximum absolute atomic E-state index is 11.8. The number of hydrogen-bond acceptors (Lipinski definition) is 4. The van der Waals surface area contributed by atoms with Gasteiger partial charge >= 0.3 is 5.97 Å². The van der Waals surface area contributed by atoms with Gasteiger partial charge in [-0.05, 0) is 30.5 Å². The van der Waals surface area contributed by atoms with Crippen LogP contribution in [0, 0.1) is 0 Å². The second-order valence-corrected chi connectivity index (χ2v) is 4.43. The predicted molar refractivity (Wildman–Crippen MR) is 69.0 cm³/mol. The number of aliphatic carboxylic acids is 1. The minimum Gasteiger partial charge on any atom is -0.480 e. The lowest BCUT2D eigenvalue weighted by Crippen LogP contribution is -2.43. The molecule has 1 unspecified atom stereocenters. The molecule has 2 N–H and O–H groups in total. The van der Waals surface area contributed by atoms with Crippen LogP contribution in [0.3, 0.4) is 0 Å². The van der Waals surface area contributed by atoms with E-state index in [0.717, 1.165) is 4.90 Å². The summed E-state index contributed by atoms with van der Waals surface area (Å²) in [6.45, 7) is -0.0655.